The van der Waals surface area contributed by atoms with E-state index in [1.54, 1.807) is 15.5 Å². The van der Waals surface area contributed by atoms with Gasteiger partial charge in [0.1, 0.15) is 4.83 Å². The van der Waals surface area contributed by atoms with Gasteiger partial charge < -0.3 is 4.90 Å². The van der Waals surface area contributed by atoms with Crippen LogP contribution in [-0.4, -0.2) is 58.6 Å². The Morgan fingerprint density at radius 3 is 2.76 bits per heavy atom. The van der Waals surface area contributed by atoms with Crippen molar-refractivity contribution in [3.8, 4) is 0 Å². The Kier molecular flexibility index (Phi) is 6.54. The van der Waals surface area contributed by atoms with E-state index >= 15 is 0 Å². The summed E-state index contributed by atoms with van der Waals surface area (Å²) in [6, 6.07) is -0.272. The number of carbonyl (C=O) groups excluding carboxylic acids is 1. The Morgan fingerprint density at radius 1 is 1.45 bits per heavy atom. The number of aryl methyl sites for hydroxylation is 2. The van der Waals surface area contributed by atoms with E-state index in [-0.39, 0.29) is 34.8 Å². The van der Waals surface area contributed by atoms with Crippen molar-refractivity contribution in [2.45, 2.75) is 44.9 Å². The summed E-state index contributed by atoms with van der Waals surface area (Å²) in [5.74, 6) is 0.111. The largest absolute Gasteiger partial charge is 0.338 e. The van der Waals surface area contributed by atoms with Crippen molar-refractivity contribution in [2.24, 2.45) is 0 Å². The molecule has 2 aromatic rings. The SMILES string of the molecule is C=CCn1c(SCC(=O)N(CC)C2CCS(=O)(=O)C2)nc2sc(C)c(C)c2c1=O. The Balaban J connectivity index is 1.85. The maximum Gasteiger partial charge on any atom is 0.263 e. The molecule has 1 aliphatic rings. The van der Waals surface area contributed by atoms with E-state index in [0.717, 1.165) is 10.4 Å². The van der Waals surface area contributed by atoms with Crippen LogP contribution in [0.25, 0.3) is 10.2 Å². The number of hydrogen-bond donors (Lipinski definition) is 0. The lowest BCUT2D eigenvalue weighted by atomic mass is 10.2. The van der Waals surface area contributed by atoms with Gasteiger partial charge in [-0.1, -0.05) is 17.8 Å². The Labute approximate surface area is 178 Å². The van der Waals surface area contributed by atoms with Gasteiger partial charge in [0.05, 0.1) is 22.6 Å². The molecular weight excluding hydrogens is 430 g/mol. The molecule has 29 heavy (non-hydrogen) atoms. The fourth-order valence-electron chi connectivity index (χ4n) is 3.58. The van der Waals surface area contributed by atoms with E-state index in [4.69, 9.17) is 0 Å². The smallest absolute Gasteiger partial charge is 0.263 e. The summed E-state index contributed by atoms with van der Waals surface area (Å²) < 4.78 is 25.1. The molecule has 3 heterocycles. The lowest BCUT2D eigenvalue weighted by Gasteiger charge is -2.26. The lowest BCUT2D eigenvalue weighted by Crippen LogP contribution is -2.42. The van der Waals surface area contributed by atoms with Crippen molar-refractivity contribution in [1.29, 1.82) is 0 Å². The molecule has 0 radical (unpaired) electrons. The molecule has 3 rings (SSSR count). The number of thioether (sulfide) groups is 1. The van der Waals surface area contributed by atoms with Crippen molar-refractivity contribution in [1.82, 2.24) is 14.5 Å². The maximum absolute atomic E-state index is 13.0. The van der Waals surface area contributed by atoms with Crippen LogP contribution in [0, 0.1) is 13.8 Å². The Hall–Kier alpha value is -1.65. The summed E-state index contributed by atoms with van der Waals surface area (Å²) in [5, 5.41) is 1.10. The molecule has 0 aromatic carbocycles. The Morgan fingerprint density at radius 2 is 2.17 bits per heavy atom. The van der Waals surface area contributed by atoms with Gasteiger partial charge in [-0.25, -0.2) is 13.4 Å². The molecule has 1 saturated heterocycles. The van der Waals surface area contributed by atoms with Crippen LogP contribution in [0.15, 0.2) is 22.6 Å². The van der Waals surface area contributed by atoms with E-state index in [9.17, 15) is 18.0 Å². The van der Waals surface area contributed by atoms with Crippen LogP contribution < -0.4 is 5.56 Å². The van der Waals surface area contributed by atoms with Gasteiger partial charge in [-0.05, 0) is 32.8 Å². The van der Waals surface area contributed by atoms with Crippen molar-refractivity contribution in [2.75, 3.05) is 23.8 Å². The highest BCUT2D eigenvalue weighted by molar-refractivity contribution is 7.99. The van der Waals surface area contributed by atoms with E-state index in [0.29, 0.717) is 34.9 Å². The number of aromatic nitrogens is 2. The number of amides is 1. The van der Waals surface area contributed by atoms with E-state index in [1.165, 1.54) is 23.1 Å². The van der Waals surface area contributed by atoms with E-state index in [1.807, 2.05) is 20.8 Å². The summed E-state index contributed by atoms with van der Waals surface area (Å²) >= 11 is 2.69. The normalized spacial score (nSPS) is 18.2. The molecule has 2 aromatic heterocycles. The molecule has 0 spiro atoms. The molecule has 1 atom stereocenters. The first-order valence-corrected chi connectivity index (χ1v) is 13.0. The van der Waals surface area contributed by atoms with Crippen LogP contribution in [-0.2, 0) is 21.2 Å². The van der Waals surface area contributed by atoms with Crippen LogP contribution in [0.2, 0.25) is 0 Å². The highest BCUT2D eigenvalue weighted by Gasteiger charge is 2.34. The average Bonchev–Trinajstić information content (AvgIpc) is 3.15. The minimum atomic E-state index is -3.07. The standard InChI is InChI=1S/C19H25N3O4S3/c1-5-8-22-18(24)16-12(3)13(4)28-17(16)20-19(22)27-10-15(23)21(6-2)14-7-9-29(25,26)11-14/h5,14H,1,6-11H2,2-4H3. The molecule has 1 unspecified atom stereocenters. The zero-order chi connectivity index (χ0) is 21.3. The van der Waals surface area contributed by atoms with E-state index in [2.05, 4.69) is 11.6 Å². The number of carbonyl (C=O) groups is 1. The van der Waals surface area contributed by atoms with Crippen molar-refractivity contribution in [3.63, 3.8) is 0 Å². The van der Waals surface area contributed by atoms with Crippen LogP contribution in [0.3, 0.4) is 0 Å². The topological polar surface area (TPSA) is 89.3 Å². The van der Waals surface area contributed by atoms with Gasteiger partial charge >= 0.3 is 0 Å². The second-order valence-corrected chi connectivity index (χ2v) is 11.5. The van der Waals surface area contributed by atoms with Crippen molar-refractivity contribution < 1.29 is 13.2 Å². The molecule has 0 saturated carbocycles. The zero-order valence-electron chi connectivity index (χ0n) is 16.8. The number of fused-ring (bicyclic) bond motifs is 1. The molecule has 7 nitrogen and oxygen atoms in total. The van der Waals surface area contributed by atoms with Crippen LogP contribution in [0.1, 0.15) is 23.8 Å². The first kappa shape index (κ1) is 22.0. The van der Waals surface area contributed by atoms with Gasteiger partial charge in [0.25, 0.3) is 5.56 Å². The van der Waals surface area contributed by atoms with Crippen LogP contribution in [0.4, 0.5) is 0 Å². The lowest BCUT2D eigenvalue weighted by molar-refractivity contribution is -0.129. The van der Waals surface area contributed by atoms with Crippen LogP contribution in [0.5, 0.6) is 0 Å². The van der Waals surface area contributed by atoms with Crippen LogP contribution >= 0.6 is 23.1 Å². The fourth-order valence-corrected chi connectivity index (χ4v) is 7.27. The highest BCUT2D eigenvalue weighted by Crippen LogP contribution is 2.28. The average molecular weight is 456 g/mol. The summed E-state index contributed by atoms with van der Waals surface area (Å²) in [5.41, 5.74) is 0.813. The first-order valence-electron chi connectivity index (χ1n) is 9.42. The summed E-state index contributed by atoms with van der Waals surface area (Å²) in [6.07, 6.45) is 2.11. The van der Waals surface area contributed by atoms with Gasteiger partial charge in [0.2, 0.25) is 5.91 Å². The number of allylic oxidation sites excluding steroid dienone is 1. The second-order valence-electron chi connectivity index (χ2n) is 7.09. The molecule has 0 aliphatic carbocycles. The number of hydrogen-bond acceptors (Lipinski definition) is 7. The van der Waals surface area contributed by atoms with Gasteiger partial charge in [-0.3, -0.25) is 14.2 Å². The maximum atomic E-state index is 13.0. The molecule has 1 amide bonds. The minimum absolute atomic E-state index is 0.0242. The second kappa shape index (κ2) is 8.61. The molecule has 1 aliphatic heterocycles. The third-order valence-corrected chi connectivity index (χ3v) is 9.01. The zero-order valence-corrected chi connectivity index (χ0v) is 19.3. The molecule has 0 bridgehead atoms. The Bertz CT molecular complexity index is 1120. The third-order valence-electron chi connectivity index (χ3n) is 5.20. The van der Waals surface area contributed by atoms with Crippen molar-refractivity contribution >= 4 is 49.1 Å². The summed E-state index contributed by atoms with van der Waals surface area (Å²) in [4.78, 5) is 33.8. The monoisotopic (exact) mass is 455 g/mol. The van der Waals surface area contributed by atoms with Gasteiger partial charge in [-0.15, -0.1) is 17.9 Å². The van der Waals surface area contributed by atoms with Crippen molar-refractivity contribution in [3.05, 3.63) is 33.4 Å². The number of nitrogens with zero attached hydrogens (tertiary/aromatic N) is 3. The molecule has 1 fully saturated rings. The number of thiophene rings is 1. The quantitative estimate of drug-likeness (QED) is 0.362. The van der Waals surface area contributed by atoms with Gasteiger partial charge in [0.15, 0.2) is 15.0 Å². The molecule has 0 N–H and O–H groups in total. The molecule has 10 heteroatoms. The fraction of sp³-hybridized carbons (Fsp3) is 0.526. The van der Waals surface area contributed by atoms with E-state index < -0.39 is 9.84 Å². The molecular formula is C19H25N3O4S3. The molecule has 158 valence electrons. The third kappa shape index (κ3) is 4.44. The highest BCUT2D eigenvalue weighted by atomic mass is 32.2. The summed E-state index contributed by atoms with van der Waals surface area (Å²) in [6.45, 7) is 10.2. The van der Waals surface area contributed by atoms with Gasteiger partial charge in [-0.2, -0.15) is 0 Å². The van der Waals surface area contributed by atoms with Gasteiger partial charge in [0, 0.05) is 24.0 Å². The first-order chi connectivity index (χ1) is 13.7. The number of rotatable bonds is 7. The predicted molar refractivity (Wildman–Crippen MR) is 119 cm³/mol. The predicted octanol–water partition coefficient (Wildman–Crippen LogP) is 2.39. The number of sulfone groups is 1. The summed E-state index contributed by atoms with van der Waals surface area (Å²) in [7, 11) is -3.07. The minimum Gasteiger partial charge on any atom is -0.338 e.